The number of carbonyl (C=O) groups excluding carboxylic acids is 1. The third-order valence-electron chi connectivity index (χ3n) is 0.418. The largest absolute Gasteiger partial charge is 0.471 e. The van der Waals surface area contributed by atoms with E-state index in [1.165, 1.54) is 7.11 Å². The number of hydrogen-bond donors (Lipinski definition) is 0. The maximum Gasteiger partial charge on any atom is 0.383 e. The quantitative estimate of drug-likeness (QED) is 0.554. The summed E-state index contributed by atoms with van der Waals surface area (Å²) in [5.41, 5.74) is 0. The number of ether oxygens (including phenoxy) is 1. The summed E-state index contributed by atoms with van der Waals surface area (Å²) in [5.74, 6) is 0. The highest BCUT2D eigenvalue weighted by atomic mass is 35.5. The van der Waals surface area contributed by atoms with E-state index in [0.29, 0.717) is 6.47 Å². The molecule has 12 heavy (non-hydrogen) atoms. The molecule has 0 fully saturated rings. The molecular formula is C4H4Cl3F3O2. The third kappa shape index (κ3) is 8.23. The molecule has 0 saturated heterocycles. The summed E-state index contributed by atoms with van der Waals surface area (Å²) in [6, 6.07) is 0. The Morgan fingerprint density at radius 2 is 1.42 bits per heavy atom. The summed E-state index contributed by atoms with van der Waals surface area (Å²) in [4.78, 5) is 8.95. The van der Waals surface area contributed by atoms with Crippen molar-refractivity contribution in [2.75, 3.05) is 7.11 Å². The minimum absolute atomic E-state index is 0.375. The average Bonchev–Trinajstić information content (AvgIpc) is 1.84. The van der Waals surface area contributed by atoms with Crippen LogP contribution in [0.15, 0.2) is 0 Å². The predicted molar refractivity (Wildman–Crippen MR) is 39.4 cm³/mol. The number of halogens is 6. The predicted octanol–water partition coefficient (Wildman–Crippen LogP) is 2.71. The first-order valence-corrected chi connectivity index (χ1v) is 3.40. The SMILES string of the molecule is COC=O.FC(F)(Cl)C(F)(Cl)Cl. The van der Waals surface area contributed by atoms with Crippen LogP contribution in [0.5, 0.6) is 0 Å². The Labute approximate surface area is 81.5 Å². The van der Waals surface area contributed by atoms with Gasteiger partial charge in [0.1, 0.15) is 0 Å². The fraction of sp³-hybridized carbons (Fsp3) is 0.750. The van der Waals surface area contributed by atoms with Gasteiger partial charge in [-0.05, 0) is 11.6 Å². The lowest BCUT2D eigenvalue weighted by Gasteiger charge is -2.13. The summed E-state index contributed by atoms with van der Waals surface area (Å²) >= 11 is 12.5. The number of rotatable bonds is 2. The summed E-state index contributed by atoms with van der Waals surface area (Å²) in [6.45, 7) is 0.375. The number of carbonyl (C=O) groups is 1. The zero-order chi connectivity index (χ0) is 10.4. The first-order valence-electron chi connectivity index (χ1n) is 2.26. The van der Waals surface area contributed by atoms with Crippen LogP contribution in [0, 0.1) is 0 Å². The van der Waals surface area contributed by atoms with Gasteiger partial charge in [-0.15, -0.1) is 0 Å². The van der Waals surface area contributed by atoms with Crippen molar-refractivity contribution in [1.29, 1.82) is 0 Å². The molecule has 8 heteroatoms. The Hall–Kier alpha value is 0.130. The van der Waals surface area contributed by atoms with Gasteiger partial charge >= 0.3 is 9.97 Å². The molecule has 0 aliphatic rings. The van der Waals surface area contributed by atoms with Crippen LogP contribution in [-0.2, 0) is 9.53 Å². The van der Waals surface area contributed by atoms with Gasteiger partial charge in [-0.1, -0.05) is 23.2 Å². The molecule has 0 aliphatic carbocycles. The van der Waals surface area contributed by atoms with Crippen molar-refractivity contribution in [3.8, 4) is 0 Å². The van der Waals surface area contributed by atoms with Crippen LogP contribution in [0.2, 0.25) is 0 Å². The van der Waals surface area contributed by atoms with Gasteiger partial charge in [0.25, 0.3) is 6.47 Å². The summed E-state index contributed by atoms with van der Waals surface area (Å²) in [5, 5.41) is -4.23. The molecule has 0 saturated carbocycles. The molecule has 0 heterocycles. The first kappa shape index (κ1) is 14.6. The molecule has 74 valence electrons. The van der Waals surface area contributed by atoms with E-state index in [2.05, 4.69) is 39.5 Å². The van der Waals surface area contributed by atoms with E-state index in [1.807, 2.05) is 0 Å². The monoisotopic (exact) mass is 246 g/mol. The van der Waals surface area contributed by atoms with Crippen molar-refractivity contribution < 1.29 is 22.7 Å². The van der Waals surface area contributed by atoms with Crippen molar-refractivity contribution in [3.05, 3.63) is 0 Å². The minimum atomic E-state index is -4.23. The highest BCUT2D eigenvalue weighted by molar-refractivity contribution is 6.51. The zero-order valence-electron chi connectivity index (χ0n) is 5.66. The molecule has 0 aromatic carbocycles. The lowest BCUT2D eigenvalue weighted by atomic mass is 10.8. The topological polar surface area (TPSA) is 26.3 Å². The van der Waals surface area contributed by atoms with Crippen LogP contribution in [0.3, 0.4) is 0 Å². The normalized spacial score (nSPS) is 11.2. The van der Waals surface area contributed by atoms with E-state index in [-0.39, 0.29) is 0 Å². The molecule has 0 bridgehead atoms. The van der Waals surface area contributed by atoms with Crippen LogP contribution < -0.4 is 0 Å². The molecule has 0 amide bonds. The van der Waals surface area contributed by atoms with Gasteiger partial charge in [0.05, 0.1) is 7.11 Å². The lowest BCUT2D eigenvalue weighted by molar-refractivity contribution is -0.126. The van der Waals surface area contributed by atoms with Crippen molar-refractivity contribution in [2.24, 2.45) is 0 Å². The van der Waals surface area contributed by atoms with E-state index in [0.717, 1.165) is 0 Å². The van der Waals surface area contributed by atoms with Crippen LogP contribution in [-0.4, -0.2) is 23.6 Å². The zero-order valence-corrected chi connectivity index (χ0v) is 7.93. The Bertz CT molecular complexity index is 118. The smallest absolute Gasteiger partial charge is 0.383 e. The van der Waals surface area contributed by atoms with E-state index in [9.17, 15) is 13.2 Å². The third-order valence-corrected chi connectivity index (χ3v) is 1.35. The summed E-state index contributed by atoms with van der Waals surface area (Å²) in [7, 11) is 1.31. The maximum atomic E-state index is 11.5. The van der Waals surface area contributed by atoms with Crippen molar-refractivity contribution >= 4 is 41.3 Å². The fourth-order valence-electron chi connectivity index (χ4n) is 0. The molecule has 0 aromatic rings. The van der Waals surface area contributed by atoms with Gasteiger partial charge in [0.15, 0.2) is 0 Å². The summed E-state index contributed by atoms with van der Waals surface area (Å²) < 4.78 is 34.4. The second-order valence-electron chi connectivity index (χ2n) is 1.33. The second kappa shape index (κ2) is 5.72. The van der Waals surface area contributed by atoms with Crippen LogP contribution >= 0.6 is 34.8 Å². The molecule has 0 unspecified atom stereocenters. The molecule has 0 rings (SSSR count). The molecule has 0 radical (unpaired) electrons. The van der Waals surface area contributed by atoms with Gasteiger partial charge in [-0.25, -0.2) is 0 Å². The highest BCUT2D eigenvalue weighted by Crippen LogP contribution is 2.42. The molecule has 2 nitrogen and oxygen atoms in total. The molecule has 0 aliphatic heterocycles. The van der Waals surface area contributed by atoms with Gasteiger partial charge < -0.3 is 4.74 Å². The number of methoxy groups -OCH3 is 1. The van der Waals surface area contributed by atoms with Crippen LogP contribution in [0.1, 0.15) is 0 Å². The molecule has 0 atom stereocenters. The fourth-order valence-corrected chi connectivity index (χ4v) is 0. The average molecular weight is 247 g/mol. The van der Waals surface area contributed by atoms with Gasteiger partial charge in [-0.2, -0.15) is 13.2 Å². The lowest BCUT2D eigenvalue weighted by Crippen LogP contribution is -2.27. The van der Waals surface area contributed by atoms with E-state index >= 15 is 0 Å². The molecular weight excluding hydrogens is 243 g/mol. The van der Waals surface area contributed by atoms with Crippen molar-refractivity contribution in [3.63, 3.8) is 0 Å². The first-order chi connectivity index (χ1) is 5.16. The molecule has 0 spiro atoms. The Balaban J connectivity index is 0. The molecule has 0 aromatic heterocycles. The Morgan fingerprint density at radius 1 is 1.25 bits per heavy atom. The van der Waals surface area contributed by atoms with Crippen molar-refractivity contribution in [2.45, 2.75) is 9.97 Å². The van der Waals surface area contributed by atoms with Crippen LogP contribution in [0.25, 0.3) is 0 Å². The van der Waals surface area contributed by atoms with E-state index in [1.54, 1.807) is 0 Å². The maximum absolute atomic E-state index is 11.5. The van der Waals surface area contributed by atoms with Crippen molar-refractivity contribution in [1.82, 2.24) is 0 Å². The Kier molecular flexibility index (Phi) is 6.98. The number of hydrogen-bond acceptors (Lipinski definition) is 2. The van der Waals surface area contributed by atoms with E-state index < -0.39 is 9.97 Å². The van der Waals surface area contributed by atoms with Gasteiger partial charge in [0, 0.05) is 0 Å². The standard InChI is InChI=1S/C2Cl3F3.C2H4O2/c3-1(4,6)2(5,7)8;1-4-2-3/h;2H,1H3. The van der Waals surface area contributed by atoms with E-state index in [4.69, 9.17) is 4.79 Å². The second-order valence-corrected chi connectivity index (χ2v) is 3.04. The minimum Gasteiger partial charge on any atom is -0.471 e. The Morgan fingerprint density at radius 3 is 1.42 bits per heavy atom. The highest BCUT2D eigenvalue weighted by Gasteiger charge is 2.51. The summed E-state index contributed by atoms with van der Waals surface area (Å²) in [6.07, 6.45) is 0. The van der Waals surface area contributed by atoms with Crippen LogP contribution in [0.4, 0.5) is 13.2 Å². The van der Waals surface area contributed by atoms with Gasteiger partial charge in [-0.3, -0.25) is 4.79 Å². The number of alkyl halides is 6. The molecule has 0 N–H and O–H groups in total. The van der Waals surface area contributed by atoms with Gasteiger partial charge in [0.2, 0.25) is 0 Å².